The van der Waals surface area contributed by atoms with Crippen LogP contribution in [0, 0.1) is 0 Å². The van der Waals surface area contributed by atoms with Crippen molar-refractivity contribution < 1.29 is 9.59 Å². The van der Waals surface area contributed by atoms with Crippen molar-refractivity contribution in [2.45, 2.75) is 57.0 Å². The normalized spacial score (nSPS) is 22.5. The number of carbonyl (C=O) groups is 2. The lowest BCUT2D eigenvalue weighted by Crippen LogP contribution is -2.49. The zero-order valence-corrected chi connectivity index (χ0v) is 12.8. The van der Waals surface area contributed by atoms with Crippen molar-refractivity contribution in [1.29, 1.82) is 0 Å². The van der Waals surface area contributed by atoms with Gasteiger partial charge in [-0.3, -0.25) is 14.6 Å². The first-order chi connectivity index (χ1) is 10.8. The molecule has 1 aliphatic heterocycles. The van der Waals surface area contributed by atoms with E-state index in [1.807, 2.05) is 0 Å². The van der Waals surface area contributed by atoms with Gasteiger partial charge in [0.1, 0.15) is 6.04 Å². The van der Waals surface area contributed by atoms with Crippen LogP contribution in [0.25, 0.3) is 0 Å². The molecule has 0 unspecified atom stereocenters. The molecule has 2 amide bonds. The molecule has 5 nitrogen and oxygen atoms in total. The lowest BCUT2D eigenvalue weighted by Gasteiger charge is -2.28. The molecule has 5 heteroatoms. The van der Waals surface area contributed by atoms with Crippen molar-refractivity contribution in [3.63, 3.8) is 0 Å². The predicted octanol–water partition coefficient (Wildman–Crippen LogP) is 2.14. The molecule has 0 aromatic carbocycles. The zero-order chi connectivity index (χ0) is 15.4. The van der Waals surface area contributed by atoms with Crippen LogP contribution in [0.1, 0.15) is 55.3 Å². The molecular formula is C17H23N3O2. The number of aromatic nitrogens is 1. The van der Waals surface area contributed by atoms with Crippen LogP contribution in [0.2, 0.25) is 0 Å². The van der Waals surface area contributed by atoms with Crippen LogP contribution in [0.3, 0.4) is 0 Å². The van der Waals surface area contributed by atoms with Gasteiger partial charge in [0.2, 0.25) is 5.91 Å². The van der Waals surface area contributed by atoms with Gasteiger partial charge in [0.15, 0.2) is 0 Å². The largest absolute Gasteiger partial charge is 0.352 e. The Labute approximate surface area is 131 Å². The molecule has 2 heterocycles. The second-order valence-corrected chi connectivity index (χ2v) is 6.24. The first-order valence-electron chi connectivity index (χ1n) is 8.27. The number of pyridine rings is 1. The zero-order valence-electron chi connectivity index (χ0n) is 12.8. The standard InChI is InChI=1S/C17H23N3O2/c21-16(19-14-5-2-1-3-6-14)15-7-4-12-20(15)17(22)13-8-10-18-11-9-13/h8-11,14-15H,1-7,12H2,(H,19,21)/t15-/m0/s1. The Kier molecular flexibility index (Phi) is 4.71. The van der Waals surface area contributed by atoms with Crippen molar-refractivity contribution in [2.75, 3.05) is 6.54 Å². The molecule has 1 aliphatic carbocycles. The van der Waals surface area contributed by atoms with E-state index in [4.69, 9.17) is 0 Å². The topological polar surface area (TPSA) is 62.3 Å². The number of rotatable bonds is 3. The highest BCUT2D eigenvalue weighted by atomic mass is 16.2. The van der Waals surface area contributed by atoms with Crippen molar-refractivity contribution in [2.24, 2.45) is 0 Å². The van der Waals surface area contributed by atoms with Crippen LogP contribution in [0.5, 0.6) is 0 Å². The second-order valence-electron chi connectivity index (χ2n) is 6.24. The van der Waals surface area contributed by atoms with Gasteiger partial charge in [-0.2, -0.15) is 0 Å². The average Bonchev–Trinajstić information content (AvgIpc) is 3.05. The highest BCUT2D eigenvalue weighted by Gasteiger charge is 2.35. The van der Waals surface area contributed by atoms with E-state index in [0.29, 0.717) is 18.2 Å². The Bertz CT molecular complexity index is 526. The van der Waals surface area contributed by atoms with E-state index in [9.17, 15) is 9.59 Å². The lowest BCUT2D eigenvalue weighted by molar-refractivity contribution is -0.125. The summed E-state index contributed by atoms with van der Waals surface area (Å²) in [6.07, 6.45) is 10.6. The summed E-state index contributed by atoms with van der Waals surface area (Å²) in [5.74, 6) is -0.0458. The van der Waals surface area contributed by atoms with E-state index >= 15 is 0 Å². The van der Waals surface area contributed by atoms with Crippen molar-refractivity contribution in [1.82, 2.24) is 15.2 Å². The van der Waals surface area contributed by atoms with E-state index in [1.165, 1.54) is 19.3 Å². The van der Waals surface area contributed by atoms with Crippen molar-refractivity contribution >= 4 is 11.8 Å². The molecule has 3 rings (SSSR count). The minimum absolute atomic E-state index is 0.0202. The summed E-state index contributed by atoms with van der Waals surface area (Å²) in [4.78, 5) is 30.8. The van der Waals surface area contributed by atoms with Gasteiger partial charge in [-0.1, -0.05) is 19.3 Å². The fourth-order valence-corrected chi connectivity index (χ4v) is 3.49. The summed E-state index contributed by atoms with van der Waals surface area (Å²) in [7, 11) is 0. The monoisotopic (exact) mass is 301 g/mol. The highest BCUT2D eigenvalue weighted by molar-refractivity contribution is 5.97. The van der Waals surface area contributed by atoms with Crippen molar-refractivity contribution in [3.05, 3.63) is 30.1 Å². The molecule has 1 aromatic rings. The third kappa shape index (κ3) is 3.29. The van der Waals surface area contributed by atoms with E-state index in [0.717, 1.165) is 25.7 Å². The molecule has 1 aromatic heterocycles. The number of hydrogen-bond acceptors (Lipinski definition) is 3. The minimum Gasteiger partial charge on any atom is -0.352 e. The van der Waals surface area contributed by atoms with E-state index in [2.05, 4.69) is 10.3 Å². The molecule has 1 atom stereocenters. The number of nitrogens with one attached hydrogen (secondary N) is 1. The summed E-state index contributed by atoms with van der Waals surface area (Å²) in [6.45, 7) is 0.657. The molecule has 1 saturated heterocycles. The van der Waals surface area contributed by atoms with Crippen molar-refractivity contribution in [3.8, 4) is 0 Å². The summed E-state index contributed by atoms with van der Waals surface area (Å²) in [6, 6.07) is 3.38. The van der Waals surface area contributed by atoms with Gasteiger partial charge in [-0.05, 0) is 37.8 Å². The van der Waals surface area contributed by atoms with E-state index in [1.54, 1.807) is 29.4 Å². The van der Waals surface area contributed by atoms with Crippen LogP contribution in [-0.4, -0.2) is 40.3 Å². The summed E-state index contributed by atoms with van der Waals surface area (Å²) in [5.41, 5.74) is 0.604. The molecule has 0 bridgehead atoms. The second kappa shape index (κ2) is 6.90. The number of likely N-dealkylation sites (tertiary alicyclic amines) is 1. The number of hydrogen-bond donors (Lipinski definition) is 1. The quantitative estimate of drug-likeness (QED) is 0.930. The minimum atomic E-state index is -0.317. The SMILES string of the molecule is O=C(NC1CCCCC1)[C@@H]1CCCN1C(=O)c1ccncc1. The maximum atomic E-state index is 12.6. The van der Waals surface area contributed by atoms with Gasteiger partial charge in [0.05, 0.1) is 0 Å². The Balaban J connectivity index is 1.64. The number of nitrogens with zero attached hydrogens (tertiary/aromatic N) is 2. The number of amides is 2. The van der Waals surface area contributed by atoms with Gasteiger partial charge in [-0.25, -0.2) is 0 Å². The lowest BCUT2D eigenvalue weighted by atomic mass is 9.95. The van der Waals surface area contributed by atoms with Gasteiger partial charge < -0.3 is 10.2 Å². The van der Waals surface area contributed by atoms with Crippen LogP contribution < -0.4 is 5.32 Å². The van der Waals surface area contributed by atoms with Gasteiger partial charge in [0.25, 0.3) is 5.91 Å². The Morgan fingerprint density at radius 1 is 1.05 bits per heavy atom. The Hall–Kier alpha value is -1.91. The van der Waals surface area contributed by atoms with Gasteiger partial charge in [-0.15, -0.1) is 0 Å². The molecule has 2 aliphatic rings. The fraction of sp³-hybridized carbons (Fsp3) is 0.588. The number of carbonyl (C=O) groups excluding carboxylic acids is 2. The molecule has 22 heavy (non-hydrogen) atoms. The van der Waals surface area contributed by atoms with Crippen LogP contribution >= 0.6 is 0 Å². The molecule has 0 radical (unpaired) electrons. The van der Waals surface area contributed by atoms with Crippen LogP contribution in [0.15, 0.2) is 24.5 Å². The fourth-order valence-electron chi connectivity index (χ4n) is 3.49. The first-order valence-corrected chi connectivity index (χ1v) is 8.27. The van der Waals surface area contributed by atoms with Gasteiger partial charge >= 0.3 is 0 Å². The summed E-state index contributed by atoms with van der Waals surface area (Å²) in [5, 5.41) is 3.15. The summed E-state index contributed by atoms with van der Waals surface area (Å²) < 4.78 is 0. The molecular weight excluding hydrogens is 278 g/mol. The Morgan fingerprint density at radius 3 is 2.50 bits per heavy atom. The van der Waals surface area contributed by atoms with E-state index in [-0.39, 0.29) is 17.9 Å². The van der Waals surface area contributed by atoms with Crippen LogP contribution in [-0.2, 0) is 4.79 Å². The first kappa shape index (κ1) is 15.0. The average molecular weight is 301 g/mol. The summed E-state index contributed by atoms with van der Waals surface area (Å²) >= 11 is 0. The maximum Gasteiger partial charge on any atom is 0.254 e. The molecule has 2 fully saturated rings. The third-order valence-electron chi connectivity index (χ3n) is 4.70. The molecule has 1 N–H and O–H groups in total. The van der Waals surface area contributed by atoms with E-state index < -0.39 is 0 Å². The molecule has 0 spiro atoms. The van der Waals surface area contributed by atoms with Crippen LogP contribution in [0.4, 0.5) is 0 Å². The highest BCUT2D eigenvalue weighted by Crippen LogP contribution is 2.22. The van der Waals surface area contributed by atoms with Gasteiger partial charge in [0, 0.05) is 30.5 Å². The maximum absolute atomic E-state index is 12.6. The molecule has 1 saturated carbocycles. The smallest absolute Gasteiger partial charge is 0.254 e. The predicted molar refractivity (Wildman–Crippen MR) is 83.3 cm³/mol. The molecule has 118 valence electrons. The third-order valence-corrected chi connectivity index (χ3v) is 4.70. The Morgan fingerprint density at radius 2 is 1.77 bits per heavy atom.